The zero-order valence-corrected chi connectivity index (χ0v) is 16.5. The van der Waals surface area contributed by atoms with Gasteiger partial charge in [0, 0.05) is 26.7 Å². The van der Waals surface area contributed by atoms with Crippen molar-refractivity contribution in [2.45, 2.75) is 33.1 Å². The number of fused-ring (bicyclic) bond motifs is 1. The highest BCUT2D eigenvalue weighted by Crippen LogP contribution is 2.35. The van der Waals surface area contributed by atoms with Crippen molar-refractivity contribution in [1.29, 1.82) is 0 Å². The van der Waals surface area contributed by atoms with Crippen LogP contribution >= 0.6 is 11.3 Å². The molecule has 1 nitrogen and oxygen atoms in total. The van der Waals surface area contributed by atoms with Crippen molar-refractivity contribution >= 4 is 21.4 Å². The number of benzene rings is 2. The molecule has 0 aliphatic heterocycles. The van der Waals surface area contributed by atoms with Gasteiger partial charge in [0.2, 0.25) is 0 Å². The molecule has 0 N–H and O–H groups in total. The van der Waals surface area contributed by atoms with Crippen LogP contribution in [0.15, 0.2) is 66.9 Å². The summed E-state index contributed by atoms with van der Waals surface area (Å²) in [6.07, 6.45) is 2.01. The van der Waals surface area contributed by atoms with E-state index < -0.39 is 0 Å². The lowest BCUT2D eigenvalue weighted by Gasteiger charge is -2.20. The van der Waals surface area contributed by atoms with E-state index >= 15 is 0 Å². The summed E-state index contributed by atoms with van der Waals surface area (Å²) in [4.78, 5) is 6.05. The van der Waals surface area contributed by atoms with Crippen molar-refractivity contribution in [3.63, 3.8) is 0 Å². The van der Waals surface area contributed by atoms with Gasteiger partial charge in [0.25, 0.3) is 0 Å². The third-order valence-corrected chi connectivity index (χ3v) is 5.85. The normalized spacial score (nSPS) is 11.8. The number of rotatable bonds is 2. The van der Waals surface area contributed by atoms with Crippen LogP contribution in [0.5, 0.6) is 0 Å². The van der Waals surface area contributed by atoms with E-state index in [1.165, 1.54) is 37.2 Å². The molecule has 26 heavy (non-hydrogen) atoms. The molecule has 2 heteroatoms. The summed E-state index contributed by atoms with van der Waals surface area (Å²) in [5, 5.41) is 1.21. The van der Waals surface area contributed by atoms with Gasteiger partial charge in [0.05, 0.1) is 5.69 Å². The molecule has 2 aromatic carbocycles. The lowest BCUT2D eigenvalue weighted by molar-refractivity contribution is 0.590. The molecule has 0 saturated heterocycles. The molecule has 0 bridgehead atoms. The summed E-state index contributed by atoms with van der Waals surface area (Å²) < 4.78 is 1.28. The first kappa shape index (κ1) is 17.0. The monoisotopic (exact) mass is 357 g/mol. The Hall–Kier alpha value is -2.45. The molecule has 2 aromatic heterocycles. The standard InChI is InChI=1S/C24H23NS/c1-16-10-18(12-20(11-16)24(2,3)4)21-14-23-19(15-25-21)13-22(26-23)17-8-6-5-7-9-17/h5-15H,1-4H3. The quantitative estimate of drug-likeness (QED) is 0.368. The number of nitrogens with zero attached hydrogens (tertiary/aromatic N) is 1. The fourth-order valence-electron chi connectivity index (χ4n) is 3.20. The van der Waals surface area contributed by atoms with E-state index in [2.05, 4.69) is 88.4 Å². The van der Waals surface area contributed by atoms with Crippen LogP contribution in [0.2, 0.25) is 0 Å². The van der Waals surface area contributed by atoms with Gasteiger partial charge in [-0.15, -0.1) is 11.3 Å². The molecule has 0 fully saturated rings. The SMILES string of the molecule is Cc1cc(-c2cc3sc(-c4ccccc4)cc3cn2)cc(C(C)(C)C)c1. The van der Waals surface area contributed by atoms with Crippen LogP contribution in [0.1, 0.15) is 31.9 Å². The van der Waals surface area contributed by atoms with Crippen molar-refractivity contribution in [2.24, 2.45) is 0 Å². The van der Waals surface area contributed by atoms with Gasteiger partial charge < -0.3 is 0 Å². The van der Waals surface area contributed by atoms with Gasteiger partial charge in [-0.3, -0.25) is 4.98 Å². The molecule has 2 heterocycles. The van der Waals surface area contributed by atoms with Gasteiger partial charge in [-0.2, -0.15) is 0 Å². The van der Waals surface area contributed by atoms with E-state index in [-0.39, 0.29) is 5.41 Å². The molecule has 0 amide bonds. The first-order chi connectivity index (χ1) is 12.4. The Bertz CT molecular complexity index is 1070. The maximum Gasteiger partial charge on any atom is 0.0716 e. The van der Waals surface area contributed by atoms with E-state index in [1.807, 2.05) is 17.5 Å². The van der Waals surface area contributed by atoms with Crippen molar-refractivity contribution in [3.05, 3.63) is 78.0 Å². The molecule has 0 unspecified atom stereocenters. The molecule has 0 saturated carbocycles. The average Bonchev–Trinajstić information content (AvgIpc) is 3.04. The zero-order chi connectivity index (χ0) is 18.3. The van der Waals surface area contributed by atoms with Crippen LogP contribution in [-0.2, 0) is 5.41 Å². The third-order valence-electron chi connectivity index (χ3n) is 4.70. The summed E-state index contributed by atoms with van der Waals surface area (Å²) in [5.74, 6) is 0. The van der Waals surface area contributed by atoms with Crippen LogP contribution in [0.25, 0.3) is 31.8 Å². The van der Waals surface area contributed by atoms with E-state index in [0.29, 0.717) is 0 Å². The van der Waals surface area contributed by atoms with Crippen molar-refractivity contribution in [1.82, 2.24) is 4.98 Å². The Labute approximate surface area is 159 Å². The Morgan fingerprint density at radius 1 is 0.846 bits per heavy atom. The largest absolute Gasteiger partial charge is 0.256 e. The maximum atomic E-state index is 4.76. The molecular weight excluding hydrogens is 334 g/mol. The molecule has 130 valence electrons. The average molecular weight is 358 g/mol. The summed E-state index contributed by atoms with van der Waals surface area (Å²) in [6, 6.07) is 21.8. The zero-order valence-electron chi connectivity index (χ0n) is 15.7. The molecule has 0 atom stereocenters. The minimum absolute atomic E-state index is 0.133. The molecule has 0 aliphatic rings. The Balaban J connectivity index is 1.80. The second-order valence-electron chi connectivity index (χ2n) is 7.92. The molecule has 0 radical (unpaired) electrons. The minimum Gasteiger partial charge on any atom is -0.256 e. The van der Waals surface area contributed by atoms with E-state index in [9.17, 15) is 0 Å². The highest BCUT2D eigenvalue weighted by atomic mass is 32.1. The van der Waals surface area contributed by atoms with Crippen molar-refractivity contribution in [2.75, 3.05) is 0 Å². The molecule has 4 aromatic rings. The van der Waals surface area contributed by atoms with Crippen LogP contribution < -0.4 is 0 Å². The lowest BCUT2D eigenvalue weighted by Crippen LogP contribution is -2.11. The first-order valence-corrected chi connectivity index (χ1v) is 9.79. The summed E-state index contributed by atoms with van der Waals surface area (Å²) in [5.41, 5.74) is 6.28. The van der Waals surface area contributed by atoms with Crippen LogP contribution in [0.4, 0.5) is 0 Å². The molecule has 0 aliphatic carbocycles. The minimum atomic E-state index is 0.133. The maximum absolute atomic E-state index is 4.76. The lowest BCUT2D eigenvalue weighted by atomic mass is 9.85. The topological polar surface area (TPSA) is 12.9 Å². The van der Waals surface area contributed by atoms with Gasteiger partial charge in [0.1, 0.15) is 0 Å². The molecule has 4 rings (SSSR count). The highest BCUT2D eigenvalue weighted by Gasteiger charge is 2.16. The predicted octanol–water partition coefficient (Wildman–Crippen LogP) is 7.24. The van der Waals surface area contributed by atoms with Gasteiger partial charge in [-0.1, -0.05) is 62.7 Å². The first-order valence-electron chi connectivity index (χ1n) is 8.98. The Morgan fingerprint density at radius 2 is 1.62 bits per heavy atom. The fraction of sp³-hybridized carbons (Fsp3) is 0.208. The van der Waals surface area contributed by atoms with Crippen LogP contribution in [-0.4, -0.2) is 4.98 Å². The Morgan fingerprint density at radius 3 is 2.35 bits per heavy atom. The number of hydrogen-bond donors (Lipinski definition) is 0. The summed E-state index contributed by atoms with van der Waals surface area (Å²) in [7, 11) is 0. The van der Waals surface area contributed by atoms with Gasteiger partial charge in [0.15, 0.2) is 0 Å². The van der Waals surface area contributed by atoms with Crippen molar-refractivity contribution in [3.8, 4) is 21.7 Å². The van der Waals surface area contributed by atoms with Gasteiger partial charge >= 0.3 is 0 Å². The van der Waals surface area contributed by atoms with Crippen LogP contribution in [0.3, 0.4) is 0 Å². The van der Waals surface area contributed by atoms with Gasteiger partial charge in [-0.25, -0.2) is 0 Å². The smallest absolute Gasteiger partial charge is 0.0716 e. The number of hydrogen-bond acceptors (Lipinski definition) is 2. The predicted molar refractivity (Wildman–Crippen MR) is 114 cm³/mol. The second kappa shape index (κ2) is 6.37. The number of aryl methyl sites for hydroxylation is 1. The van der Waals surface area contributed by atoms with E-state index in [1.54, 1.807) is 0 Å². The molecule has 0 spiro atoms. The van der Waals surface area contributed by atoms with E-state index in [0.717, 1.165) is 5.69 Å². The summed E-state index contributed by atoms with van der Waals surface area (Å²) in [6.45, 7) is 8.94. The number of aromatic nitrogens is 1. The number of thiophene rings is 1. The molecular formula is C24H23NS. The summed E-state index contributed by atoms with van der Waals surface area (Å²) >= 11 is 1.83. The Kier molecular flexibility index (Phi) is 4.16. The van der Waals surface area contributed by atoms with Crippen molar-refractivity contribution < 1.29 is 0 Å². The second-order valence-corrected chi connectivity index (χ2v) is 9.01. The third kappa shape index (κ3) is 3.30. The van der Waals surface area contributed by atoms with Crippen LogP contribution in [0, 0.1) is 6.92 Å². The number of pyridine rings is 1. The fourth-order valence-corrected chi connectivity index (χ4v) is 4.28. The van der Waals surface area contributed by atoms with E-state index in [4.69, 9.17) is 4.98 Å². The highest BCUT2D eigenvalue weighted by molar-refractivity contribution is 7.22. The van der Waals surface area contributed by atoms with Gasteiger partial charge in [-0.05, 0) is 47.7 Å².